The molecule has 3 aliphatic rings. The molecule has 3 atom stereocenters. The average Bonchev–Trinajstić information content (AvgIpc) is 2.90. The number of amides is 4. The molecule has 1 unspecified atom stereocenters. The number of piperidine rings is 1. The predicted molar refractivity (Wildman–Crippen MR) is 147 cm³/mol. The van der Waals surface area contributed by atoms with E-state index in [0.29, 0.717) is 25.7 Å². The molecule has 3 fully saturated rings. The molecule has 10 heteroatoms. The van der Waals surface area contributed by atoms with E-state index in [1.165, 1.54) is 5.06 Å². The van der Waals surface area contributed by atoms with Crippen LogP contribution in [0.5, 0.6) is 0 Å². The van der Waals surface area contributed by atoms with Gasteiger partial charge in [-0.2, -0.15) is 5.06 Å². The van der Waals surface area contributed by atoms with Crippen LogP contribution in [0.25, 0.3) is 0 Å². The lowest BCUT2D eigenvalue weighted by Gasteiger charge is -2.54. The second-order valence-electron chi connectivity index (χ2n) is 11.9. The Morgan fingerprint density at radius 3 is 2.21 bits per heavy atom. The molecule has 39 heavy (non-hydrogen) atoms. The summed E-state index contributed by atoms with van der Waals surface area (Å²) in [6, 6.07) is 9.43. The first-order valence-electron chi connectivity index (χ1n) is 14.3. The predicted octanol–water partition coefficient (Wildman–Crippen LogP) is 2.38. The Morgan fingerprint density at radius 2 is 1.62 bits per heavy atom. The maximum atomic E-state index is 14.0. The highest BCUT2D eigenvalue weighted by Crippen LogP contribution is 2.34. The van der Waals surface area contributed by atoms with E-state index in [9.17, 15) is 19.2 Å². The van der Waals surface area contributed by atoms with E-state index in [2.05, 4.69) is 17.0 Å². The van der Waals surface area contributed by atoms with Crippen LogP contribution in [-0.4, -0.2) is 83.0 Å². The SMILES string of the molecule is CC(C)C[C@H]1ON(C(=O)C2CCN(c3ccccc3)CC2)C2CN(CCC(N)=O)C(=O)[C@H](CC(C)C)N2C1=O. The van der Waals surface area contributed by atoms with Gasteiger partial charge in [-0.15, -0.1) is 0 Å². The number of nitrogens with two attached hydrogens (primary N) is 1. The van der Waals surface area contributed by atoms with Gasteiger partial charge in [0.15, 0.2) is 12.3 Å². The minimum Gasteiger partial charge on any atom is -0.371 e. The third kappa shape index (κ3) is 6.54. The fraction of sp³-hybridized carbons (Fsp3) is 0.655. The standard InChI is InChI=1S/C29H43N5O5/c1-19(2)16-23-28(37)32(15-12-25(30)35)18-26-33(23)29(38)24(17-20(3)4)39-34(26)27(36)21-10-13-31(14-11-21)22-8-6-5-7-9-22/h5-9,19-21,23-24,26H,10-18H2,1-4H3,(H2,30,35)/t23-,24+,26?/m0/s1. The molecule has 0 aromatic heterocycles. The first-order valence-corrected chi connectivity index (χ1v) is 14.3. The van der Waals surface area contributed by atoms with Gasteiger partial charge in [-0.3, -0.25) is 24.0 Å². The van der Waals surface area contributed by atoms with Crippen LogP contribution in [0.2, 0.25) is 0 Å². The number of piperazine rings is 1. The zero-order valence-corrected chi connectivity index (χ0v) is 23.6. The Labute approximate surface area is 231 Å². The Balaban J connectivity index is 1.60. The second-order valence-corrected chi connectivity index (χ2v) is 11.9. The van der Waals surface area contributed by atoms with Crippen LogP contribution in [0.1, 0.15) is 59.8 Å². The molecule has 1 aromatic rings. The number of nitrogens with zero attached hydrogens (tertiary/aromatic N) is 4. The lowest BCUT2D eigenvalue weighted by Crippen LogP contribution is -2.74. The van der Waals surface area contributed by atoms with E-state index in [-0.39, 0.29) is 55.0 Å². The molecule has 0 radical (unpaired) electrons. The topological polar surface area (TPSA) is 116 Å². The molecule has 214 valence electrons. The van der Waals surface area contributed by atoms with Crippen LogP contribution in [0, 0.1) is 17.8 Å². The average molecular weight is 542 g/mol. The summed E-state index contributed by atoms with van der Waals surface area (Å²) in [7, 11) is 0. The van der Waals surface area contributed by atoms with E-state index >= 15 is 0 Å². The van der Waals surface area contributed by atoms with Crippen molar-refractivity contribution in [2.75, 3.05) is 31.1 Å². The fourth-order valence-electron chi connectivity index (χ4n) is 5.90. The van der Waals surface area contributed by atoms with Crippen molar-refractivity contribution in [2.24, 2.45) is 23.5 Å². The number of hydroxylamine groups is 2. The summed E-state index contributed by atoms with van der Waals surface area (Å²) in [6.07, 6.45) is 0.700. The van der Waals surface area contributed by atoms with Crippen LogP contribution < -0.4 is 10.6 Å². The van der Waals surface area contributed by atoms with Gasteiger partial charge in [-0.05, 0) is 49.7 Å². The van der Waals surface area contributed by atoms with E-state index in [1.807, 2.05) is 45.9 Å². The Kier molecular flexibility index (Phi) is 9.15. The zero-order chi connectivity index (χ0) is 28.3. The van der Waals surface area contributed by atoms with Gasteiger partial charge in [-0.1, -0.05) is 45.9 Å². The van der Waals surface area contributed by atoms with Crippen LogP contribution in [0.15, 0.2) is 30.3 Å². The van der Waals surface area contributed by atoms with Crippen LogP contribution in [0.4, 0.5) is 5.69 Å². The molecule has 4 amide bonds. The van der Waals surface area contributed by atoms with Gasteiger partial charge in [0.1, 0.15) is 6.04 Å². The first kappa shape index (κ1) is 28.9. The number of anilines is 1. The van der Waals surface area contributed by atoms with E-state index < -0.39 is 24.2 Å². The Morgan fingerprint density at radius 1 is 0.974 bits per heavy atom. The van der Waals surface area contributed by atoms with E-state index in [0.717, 1.165) is 18.8 Å². The lowest BCUT2D eigenvalue weighted by atomic mass is 9.93. The molecule has 2 N–H and O–H groups in total. The third-order valence-corrected chi connectivity index (χ3v) is 7.87. The highest BCUT2D eigenvalue weighted by molar-refractivity contribution is 5.92. The number of hydrogen-bond donors (Lipinski definition) is 1. The van der Waals surface area contributed by atoms with Crippen molar-refractivity contribution >= 4 is 29.3 Å². The number of carbonyl (C=O) groups excluding carboxylic acids is 4. The highest BCUT2D eigenvalue weighted by atomic mass is 16.7. The molecule has 1 aromatic carbocycles. The van der Waals surface area contributed by atoms with Crippen molar-refractivity contribution in [3.63, 3.8) is 0 Å². The summed E-state index contributed by atoms with van der Waals surface area (Å²) >= 11 is 0. The van der Waals surface area contributed by atoms with Crippen LogP contribution >= 0.6 is 0 Å². The van der Waals surface area contributed by atoms with Gasteiger partial charge in [0, 0.05) is 37.7 Å². The number of hydrogen-bond acceptors (Lipinski definition) is 6. The molecule has 0 spiro atoms. The van der Waals surface area contributed by atoms with Gasteiger partial charge in [0.25, 0.3) is 11.8 Å². The quantitative estimate of drug-likeness (QED) is 0.513. The fourth-order valence-corrected chi connectivity index (χ4v) is 5.90. The van der Waals surface area contributed by atoms with Gasteiger partial charge >= 0.3 is 0 Å². The molecule has 3 saturated heterocycles. The normalized spacial score (nSPS) is 24.5. The number of rotatable bonds is 9. The molecule has 0 saturated carbocycles. The summed E-state index contributed by atoms with van der Waals surface area (Å²) in [4.78, 5) is 64.6. The molecule has 0 aliphatic carbocycles. The zero-order valence-electron chi connectivity index (χ0n) is 23.6. The lowest BCUT2D eigenvalue weighted by molar-refractivity contribution is -0.279. The van der Waals surface area contributed by atoms with Crippen LogP contribution in [0.3, 0.4) is 0 Å². The molecule has 10 nitrogen and oxygen atoms in total. The number of fused-ring (bicyclic) bond motifs is 1. The number of primary amides is 1. The number of carbonyl (C=O) groups is 4. The largest absolute Gasteiger partial charge is 0.371 e. The van der Waals surface area contributed by atoms with Gasteiger partial charge in [0.05, 0.1) is 6.54 Å². The first-order chi connectivity index (χ1) is 18.6. The van der Waals surface area contributed by atoms with Crippen molar-refractivity contribution in [1.82, 2.24) is 14.9 Å². The van der Waals surface area contributed by atoms with Crippen molar-refractivity contribution < 1.29 is 24.0 Å². The second kappa shape index (κ2) is 12.4. The molecule has 3 heterocycles. The number of benzene rings is 1. The third-order valence-electron chi connectivity index (χ3n) is 7.87. The van der Waals surface area contributed by atoms with E-state index in [4.69, 9.17) is 10.6 Å². The van der Waals surface area contributed by atoms with Gasteiger partial charge in [-0.25, -0.2) is 0 Å². The highest BCUT2D eigenvalue weighted by Gasteiger charge is 2.53. The van der Waals surface area contributed by atoms with Crippen molar-refractivity contribution in [3.8, 4) is 0 Å². The van der Waals surface area contributed by atoms with E-state index in [1.54, 1.807) is 9.80 Å². The maximum absolute atomic E-state index is 14.0. The molecule has 4 rings (SSSR count). The Hall–Kier alpha value is -3.14. The van der Waals surface area contributed by atoms with Gasteiger partial charge < -0.3 is 20.4 Å². The molecular weight excluding hydrogens is 498 g/mol. The minimum absolute atomic E-state index is 0.0174. The van der Waals surface area contributed by atoms with Crippen molar-refractivity contribution in [2.45, 2.75) is 78.1 Å². The molecule has 0 bridgehead atoms. The monoisotopic (exact) mass is 541 g/mol. The summed E-state index contributed by atoms with van der Waals surface area (Å²) in [5, 5.41) is 1.40. The summed E-state index contributed by atoms with van der Waals surface area (Å²) in [6.45, 7) is 9.75. The van der Waals surface area contributed by atoms with Crippen LogP contribution in [-0.2, 0) is 24.0 Å². The number of para-hydroxylation sites is 1. The summed E-state index contributed by atoms with van der Waals surface area (Å²) in [5.41, 5.74) is 6.52. The minimum atomic E-state index is -0.825. The molecule has 3 aliphatic heterocycles. The van der Waals surface area contributed by atoms with Crippen molar-refractivity contribution in [1.29, 1.82) is 0 Å². The van der Waals surface area contributed by atoms with Crippen molar-refractivity contribution in [3.05, 3.63) is 30.3 Å². The van der Waals surface area contributed by atoms with Gasteiger partial charge in [0.2, 0.25) is 11.8 Å². The smallest absolute Gasteiger partial charge is 0.256 e. The maximum Gasteiger partial charge on any atom is 0.256 e. The Bertz CT molecular complexity index is 1040. The summed E-state index contributed by atoms with van der Waals surface area (Å²) < 4.78 is 0. The molecular formula is C29H43N5O5. The summed E-state index contributed by atoms with van der Waals surface area (Å²) in [5.74, 6) is -1.05.